The van der Waals surface area contributed by atoms with Crippen LogP contribution in [0.3, 0.4) is 0 Å². The van der Waals surface area contributed by atoms with Gasteiger partial charge in [0.1, 0.15) is 5.69 Å². The van der Waals surface area contributed by atoms with Crippen molar-refractivity contribution in [3.8, 4) is 22.6 Å². The highest BCUT2D eigenvalue weighted by molar-refractivity contribution is 5.98. The smallest absolute Gasteiger partial charge is 0.260 e. The first-order valence-corrected chi connectivity index (χ1v) is 7.36. The number of nitrogens with zero attached hydrogens (tertiary/aromatic N) is 1. The van der Waals surface area contributed by atoms with E-state index in [4.69, 9.17) is 4.42 Å². The number of aldehydes is 1. The highest BCUT2D eigenvalue weighted by atomic mass is 16.4. The highest BCUT2D eigenvalue weighted by Crippen LogP contribution is 2.36. The topological polar surface area (TPSA) is 43.1 Å². The lowest BCUT2D eigenvalue weighted by Gasteiger charge is -2.06. The van der Waals surface area contributed by atoms with Crippen LogP contribution in [0.4, 0.5) is 0 Å². The van der Waals surface area contributed by atoms with E-state index in [2.05, 4.69) is 23.2 Å². The monoisotopic (exact) mass is 299 g/mol. The highest BCUT2D eigenvalue weighted by Gasteiger charge is 2.18. The van der Waals surface area contributed by atoms with Crippen LogP contribution in [0.1, 0.15) is 10.7 Å². The molecule has 0 aliphatic carbocycles. The Labute approximate surface area is 133 Å². The Morgan fingerprint density at radius 3 is 2.39 bits per heavy atom. The molecule has 3 aromatic carbocycles. The van der Waals surface area contributed by atoms with E-state index in [1.807, 2.05) is 54.6 Å². The lowest BCUT2D eigenvalue weighted by Crippen LogP contribution is -1.85. The number of fused-ring (bicyclic) bond motifs is 1. The van der Waals surface area contributed by atoms with E-state index in [0.29, 0.717) is 17.7 Å². The van der Waals surface area contributed by atoms with Gasteiger partial charge in [-0.05, 0) is 10.8 Å². The van der Waals surface area contributed by atoms with Crippen molar-refractivity contribution in [2.45, 2.75) is 0 Å². The number of oxazole rings is 1. The molecule has 0 saturated carbocycles. The summed E-state index contributed by atoms with van der Waals surface area (Å²) in [6, 6.07) is 23.9. The molecule has 0 spiro atoms. The maximum Gasteiger partial charge on any atom is 0.260 e. The van der Waals surface area contributed by atoms with Crippen molar-refractivity contribution in [2.24, 2.45) is 0 Å². The Balaban J connectivity index is 2.01. The third-order valence-electron chi connectivity index (χ3n) is 3.83. The summed E-state index contributed by atoms with van der Waals surface area (Å²) in [5, 5.41) is 2.21. The molecule has 4 aromatic rings. The second kappa shape index (κ2) is 5.54. The second-order valence-electron chi connectivity index (χ2n) is 5.24. The fraction of sp³-hybridized carbons (Fsp3) is 0. The van der Waals surface area contributed by atoms with Gasteiger partial charge in [-0.1, -0.05) is 72.8 Å². The van der Waals surface area contributed by atoms with Crippen LogP contribution in [0.2, 0.25) is 0 Å². The molecule has 0 bridgehead atoms. The van der Waals surface area contributed by atoms with Crippen LogP contribution >= 0.6 is 0 Å². The molecule has 0 unspecified atom stereocenters. The summed E-state index contributed by atoms with van der Waals surface area (Å²) in [7, 11) is 0. The van der Waals surface area contributed by atoms with Crippen LogP contribution in [0.15, 0.2) is 77.2 Å². The molecule has 3 heteroatoms. The number of aromatic nitrogens is 1. The molecule has 1 heterocycles. The van der Waals surface area contributed by atoms with E-state index in [1.54, 1.807) is 0 Å². The molecule has 0 radical (unpaired) electrons. The van der Waals surface area contributed by atoms with Crippen molar-refractivity contribution < 1.29 is 9.21 Å². The molecule has 0 atom stereocenters. The van der Waals surface area contributed by atoms with E-state index in [1.165, 1.54) is 0 Å². The van der Waals surface area contributed by atoms with Crippen molar-refractivity contribution in [3.05, 3.63) is 78.7 Å². The molecular formula is C20H13NO2. The number of hydrogen-bond donors (Lipinski definition) is 0. The number of hydrogen-bond acceptors (Lipinski definition) is 3. The minimum Gasteiger partial charge on any atom is -0.433 e. The zero-order valence-electron chi connectivity index (χ0n) is 12.3. The summed E-state index contributed by atoms with van der Waals surface area (Å²) in [4.78, 5) is 15.5. The number of carbonyl (C=O) groups is 1. The van der Waals surface area contributed by atoms with Crippen LogP contribution in [-0.2, 0) is 0 Å². The van der Waals surface area contributed by atoms with E-state index in [9.17, 15) is 4.79 Å². The van der Waals surface area contributed by atoms with Gasteiger partial charge in [0, 0.05) is 11.1 Å². The first-order valence-electron chi connectivity index (χ1n) is 7.36. The summed E-state index contributed by atoms with van der Waals surface area (Å²) in [5.74, 6) is 0.704. The fourth-order valence-corrected chi connectivity index (χ4v) is 2.79. The van der Waals surface area contributed by atoms with Gasteiger partial charge >= 0.3 is 0 Å². The van der Waals surface area contributed by atoms with Gasteiger partial charge in [-0.15, -0.1) is 0 Å². The van der Waals surface area contributed by atoms with Crippen LogP contribution in [0, 0.1) is 0 Å². The van der Waals surface area contributed by atoms with Crippen LogP contribution in [0.25, 0.3) is 33.4 Å². The van der Waals surface area contributed by atoms with Gasteiger partial charge in [-0.25, -0.2) is 4.98 Å². The molecule has 0 amide bonds. The molecule has 23 heavy (non-hydrogen) atoms. The van der Waals surface area contributed by atoms with Crippen LogP contribution < -0.4 is 0 Å². The van der Waals surface area contributed by atoms with Gasteiger partial charge in [0.25, 0.3) is 5.89 Å². The Kier molecular flexibility index (Phi) is 3.24. The van der Waals surface area contributed by atoms with Crippen molar-refractivity contribution in [1.82, 2.24) is 4.98 Å². The quantitative estimate of drug-likeness (QED) is 0.501. The van der Waals surface area contributed by atoms with Crippen LogP contribution in [-0.4, -0.2) is 11.3 Å². The molecule has 0 N–H and O–H groups in total. The fourth-order valence-electron chi connectivity index (χ4n) is 2.79. The average Bonchev–Trinajstić information content (AvgIpc) is 3.06. The summed E-state index contributed by atoms with van der Waals surface area (Å²) >= 11 is 0. The first kappa shape index (κ1) is 13.5. The predicted molar refractivity (Wildman–Crippen MR) is 90.3 cm³/mol. The van der Waals surface area contributed by atoms with E-state index < -0.39 is 0 Å². The van der Waals surface area contributed by atoms with Crippen molar-refractivity contribution >= 4 is 17.1 Å². The second-order valence-corrected chi connectivity index (χ2v) is 5.24. The molecule has 110 valence electrons. The Morgan fingerprint density at radius 2 is 1.57 bits per heavy atom. The number of rotatable bonds is 3. The number of carbonyl (C=O) groups excluding carboxylic acids is 1. The minimum atomic E-state index is 0.0896. The summed E-state index contributed by atoms with van der Waals surface area (Å²) in [6.07, 6.45) is 0.640. The Morgan fingerprint density at radius 1 is 0.826 bits per heavy atom. The zero-order chi connectivity index (χ0) is 15.6. The van der Waals surface area contributed by atoms with Gasteiger partial charge in [-0.3, -0.25) is 4.79 Å². The maximum absolute atomic E-state index is 11.1. The Hall–Kier alpha value is -3.20. The van der Waals surface area contributed by atoms with Crippen LogP contribution in [0.5, 0.6) is 0 Å². The van der Waals surface area contributed by atoms with Gasteiger partial charge in [0.05, 0.1) is 0 Å². The normalized spacial score (nSPS) is 10.8. The largest absolute Gasteiger partial charge is 0.433 e. The molecular weight excluding hydrogens is 286 g/mol. The summed E-state index contributed by atoms with van der Waals surface area (Å²) in [5.41, 5.74) is 2.55. The molecule has 0 aliphatic heterocycles. The lowest BCUT2D eigenvalue weighted by molar-refractivity contribution is 0.109. The molecule has 1 aromatic heterocycles. The average molecular weight is 299 g/mol. The van der Waals surface area contributed by atoms with E-state index >= 15 is 0 Å². The molecule has 0 fully saturated rings. The summed E-state index contributed by atoms with van der Waals surface area (Å²) < 4.78 is 5.67. The lowest BCUT2D eigenvalue weighted by atomic mass is 9.99. The van der Waals surface area contributed by atoms with Crippen molar-refractivity contribution in [2.75, 3.05) is 0 Å². The standard InChI is InChI=1S/C20H13NO2/c22-13-18-21-19(20(23-18)15-8-2-1-3-9-15)17-12-6-10-14-7-4-5-11-16(14)17/h1-13H. The van der Waals surface area contributed by atoms with Gasteiger partial charge < -0.3 is 4.42 Å². The predicted octanol–water partition coefficient (Wildman–Crippen LogP) is 4.97. The zero-order valence-corrected chi connectivity index (χ0v) is 12.3. The van der Waals surface area contributed by atoms with Gasteiger partial charge in [0.15, 0.2) is 5.76 Å². The van der Waals surface area contributed by atoms with Crippen molar-refractivity contribution in [3.63, 3.8) is 0 Å². The van der Waals surface area contributed by atoms with Crippen molar-refractivity contribution in [1.29, 1.82) is 0 Å². The van der Waals surface area contributed by atoms with Gasteiger partial charge in [0.2, 0.25) is 6.29 Å². The SMILES string of the molecule is O=Cc1nc(-c2cccc3ccccc23)c(-c2ccccc2)o1. The molecule has 3 nitrogen and oxygen atoms in total. The third kappa shape index (κ3) is 2.32. The molecule has 0 aliphatic rings. The molecule has 0 saturated heterocycles. The van der Waals surface area contributed by atoms with Gasteiger partial charge in [-0.2, -0.15) is 0 Å². The summed E-state index contributed by atoms with van der Waals surface area (Å²) in [6.45, 7) is 0. The minimum absolute atomic E-state index is 0.0896. The van der Waals surface area contributed by atoms with E-state index in [-0.39, 0.29) is 5.89 Å². The Bertz CT molecular complexity index is 982. The third-order valence-corrected chi connectivity index (χ3v) is 3.83. The molecule has 4 rings (SSSR count). The maximum atomic E-state index is 11.1. The number of benzene rings is 3. The first-order chi connectivity index (χ1) is 11.4. The van der Waals surface area contributed by atoms with E-state index in [0.717, 1.165) is 21.9 Å².